The van der Waals surface area contributed by atoms with E-state index in [1.54, 1.807) is 0 Å². The van der Waals surface area contributed by atoms with Crippen molar-refractivity contribution in [2.24, 2.45) is 0 Å². The van der Waals surface area contributed by atoms with E-state index in [1.165, 1.54) is 13.4 Å². The van der Waals surface area contributed by atoms with Crippen LogP contribution >= 0.6 is 0 Å². The van der Waals surface area contributed by atoms with Crippen molar-refractivity contribution >= 4 is 17.5 Å². The molecule has 0 amide bonds. The Bertz CT molecular complexity index is 596. The fraction of sp³-hybridized carbons (Fsp3) is 0.267. The number of anilines is 2. The first-order valence-corrected chi connectivity index (χ1v) is 6.33. The number of ether oxygens (including phenoxy) is 1. The summed E-state index contributed by atoms with van der Waals surface area (Å²) in [5, 5.41) is 3.19. The highest BCUT2D eigenvalue weighted by atomic mass is 16.5. The van der Waals surface area contributed by atoms with E-state index in [1.807, 2.05) is 44.2 Å². The summed E-state index contributed by atoms with van der Waals surface area (Å²) in [5.74, 6) is 0.235. The van der Waals surface area contributed by atoms with Gasteiger partial charge in [0.1, 0.15) is 12.1 Å². The van der Waals surface area contributed by atoms with Crippen LogP contribution in [0.15, 0.2) is 36.7 Å². The van der Waals surface area contributed by atoms with Gasteiger partial charge in [0.25, 0.3) is 0 Å². The van der Waals surface area contributed by atoms with Gasteiger partial charge in [-0.1, -0.05) is 12.1 Å². The van der Waals surface area contributed by atoms with Gasteiger partial charge in [-0.05, 0) is 31.5 Å². The molecule has 0 spiro atoms. The second kappa shape index (κ2) is 6.14. The largest absolute Gasteiger partial charge is 0.469 e. The summed E-state index contributed by atoms with van der Waals surface area (Å²) in [5.41, 5.74) is 2.73. The van der Waals surface area contributed by atoms with Crippen molar-refractivity contribution in [1.29, 1.82) is 0 Å². The Labute approximate surface area is 118 Å². The number of aryl methyl sites for hydroxylation is 1. The number of esters is 1. The summed E-state index contributed by atoms with van der Waals surface area (Å²) < 4.78 is 4.73. The quantitative estimate of drug-likeness (QED) is 0.866. The van der Waals surface area contributed by atoms with Crippen LogP contribution in [0.25, 0.3) is 0 Å². The van der Waals surface area contributed by atoms with Crippen LogP contribution in [0.2, 0.25) is 0 Å². The zero-order valence-electron chi connectivity index (χ0n) is 11.8. The van der Waals surface area contributed by atoms with E-state index in [4.69, 9.17) is 4.74 Å². The Kier molecular flexibility index (Phi) is 4.30. The van der Waals surface area contributed by atoms with Crippen molar-refractivity contribution in [2.75, 3.05) is 12.4 Å². The number of carbonyl (C=O) groups is 1. The van der Waals surface area contributed by atoms with Crippen molar-refractivity contribution in [3.63, 3.8) is 0 Å². The molecule has 0 radical (unpaired) electrons. The third kappa shape index (κ3) is 3.32. The molecule has 2 rings (SSSR count). The lowest BCUT2D eigenvalue weighted by atomic mass is 10.0. The van der Waals surface area contributed by atoms with Crippen LogP contribution in [-0.2, 0) is 9.53 Å². The van der Waals surface area contributed by atoms with Crippen LogP contribution in [0.5, 0.6) is 0 Å². The molecule has 0 aliphatic heterocycles. The summed E-state index contributed by atoms with van der Waals surface area (Å²) in [7, 11) is 1.40. The molecule has 0 aliphatic rings. The molecule has 2 aromatic rings. The summed E-state index contributed by atoms with van der Waals surface area (Å²) >= 11 is 0. The van der Waals surface area contributed by atoms with Gasteiger partial charge in [-0.25, -0.2) is 9.97 Å². The molecule has 0 aliphatic carbocycles. The monoisotopic (exact) mass is 271 g/mol. The number of hydrogen-bond acceptors (Lipinski definition) is 5. The Morgan fingerprint density at radius 1 is 1.25 bits per heavy atom. The number of carbonyl (C=O) groups excluding carboxylic acids is 1. The molecule has 104 valence electrons. The molecule has 1 heterocycles. The minimum Gasteiger partial charge on any atom is -0.469 e. The minimum absolute atomic E-state index is 0.239. The summed E-state index contributed by atoms with van der Waals surface area (Å²) in [4.78, 5) is 19.7. The normalized spacial score (nSPS) is 11.8. The van der Waals surface area contributed by atoms with Gasteiger partial charge in [0.05, 0.1) is 13.0 Å². The van der Waals surface area contributed by atoms with Gasteiger partial charge in [0.15, 0.2) is 0 Å². The van der Waals surface area contributed by atoms with Gasteiger partial charge in [-0.15, -0.1) is 0 Å². The Hall–Kier alpha value is -2.43. The molecule has 1 atom stereocenters. The zero-order chi connectivity index (χ0) is 14.5. The number of hydrogen-bond donors (Lipinski definition) is 1. The highest BCUT2D eigenvalue weighted by molar-refractivity contribution is 5.77. The summed E-state index contributed by atoms with van der Waals surface area (Å²) in [6.07, 6.45) is 1.52. The fourth-order valence-corrected chi connectivity index (χ4v) is 1.84. The van der Waals surface area contributed by atoms with Crippen LogP contribution in [-0.4, -0.2) is 23.0 Å². The van der Waals surface area contributed by atoms with Crippen molar-refractivity contribution in [3.8, 4) is 0 Å². The topological polar surface area (TPSA) is 64.1 Å². The predicted octanol–water partition coefficient (Wildman–Crippen LogP) is 2.81. The standard InChI is InChI=1S/C15H17N3O2/c1-10-8-14(17-9-16-10)18-13-6-4-12(5-7-13)11(2)15(19)20-3/h4-9,11H,1-3H3,(H,16,17,18)/t11-/m0/s1. The number of nitrogens with zero attached hydrogens (tertiary/aromatic N) is 2. The molecule has 5 nitrogen and oxygen atoms in total. The molecule has 0 saturated heterocycles. The Morgan fingerprint density at radius 3 is 2.55 bits per heavy atom. The molecule has 0 fully saturated rings. The second-order valence-corrected chi connectivity index (χ2v) is 4.54. The molecule has 20 heavy (non-hydrogen) atoms. The lowest BCUT2D eigenvalue weighted by Gasteiger charge is -2.11. The predicted molar refractivity (Wildman–Crippen MR) is 76.9 cm³/mol. The summed E-state index contributed by atoms with van der Waals surface area (Å²) in [6, 6.07) is 9.49. The average molecular weight is 271 g/mol. The Morgan fingerprint density at radius 2 is 1.95 bits per heavy atom. The van der Waals surface area contributed by atoms with E-state index in [0.29, 0.717) is 0 Å². The molecule has 1 aromatic heterocycles. The number of rotatable bonds is 4. The van der Waals surface area contributed by atoms with E-state index in [2.05, 4.69) is 15.3 Å². The SMILES string of the molecule is COC(=O)[C@@H](C)c1ccc(Nc2cc(C)ncn2)cc1. The molecule has 5 heteroatoms. The molecule has 0 bridgehead atoms. The van der Waals surface area contributed by atoms with Crippen LogP contribution in [0.3, 0.4) is 0 Å². The lowest BCUT2D eigenvalue weighted by Crippen LogP contribution is -2.10. The highest BCUT2D eigenvalue weighted by Crippen LogP contribution is 2.21. The van der Waals surface area contributed by atoms with E-state index in [9.17, 15) is 4.79 Å². The molecule has 0 unspecified atom stereocenters. The van der Waals surface area contributed by atoms with Gasteiger partial charge in [-0.3, -0.25) is 4.79 Å². The third-order valence-corrected chi connectivity index (χ3v) is 3.04. The highest BCUT2D eigenvalue weighted by Gasteiger charge is 2.15. The van der Waals surface area contributed by atoms with Crippen LogP contribution in [0.1, 0.15) is 24.1 Å². The number of benzene rings is 1. The van der Waals surface area contributed by atoms with Crippen molar-refractivity contribution in [2.45, 2.75) is 19.8 Å². The summed E-state index contributed by atoms with van der Waals surface area (Å²) in [6.45, 7) is 3.73. The third-order valence-electron chi connectivity index (χ3n) is 3.04. The molecule has 1 aromatic carbocycles. The first-order valence-electron chi connectivity index (χ1n) is 6.33. The van der Waals surface area contributed by atoms with E-state index >= 15 is 0 Å². The van der Waals surface area contributed by atoms with Crippen molar-refractivity contribution in [3.05, 3.63) is 47.9 Å². The van der Waals surface area contributed by atoms with Gasteiger partial charge in [0, 0.05) is 17.4 Å². The van der Waals surface area contributed by atoms with E-state index in [-0.39, 0.29) is 11.9 Å². The average Bonchev–Trinajstić information content (AvgIpc) is 2.46. The smallest absolute Gasteiger partial charge is 0.312 e. The molecular weight excluding hydrogens is 254 g/mol. The Balaban J connectivity index is 2.10. The molecular formula is C15H17N3O2. The maximum Gasteiger partial charge on any atom is 0.312 e. The van der Waals surface area contributed by atoms with Crippen LogP contribution < -0.4 is 5.32 Å². The fourth-order valence-electron chi connectivity index (χ4n) is 1.84. The van der Waals surface area contributed by atoms with Crippen molar-refractivity contribution < 1.29 is 9.53 Å². The van der Waals surface area contributed by atoms with E-state index < -0.39 is 0 Å². The maximum atomic E-state index is 11.5. The van der Waals surface area contributed by atoms with Gasteiger partial charge in [0.2, 0.25) is 0 Å². The van der Waals surface area contributed by atoms with Gasteiger partial charge < -0.3 is 10.1 Å². The number of methoxy groups -OCH3 is 1. The molecule has 0 saturated carbocycles. The van der Waals surface area contributed by atoms with Gasteiger partial charge >= 0.3 is 5.97 Å². The first kappa shape index (κ1) is 14.0. The minimum atomic E-state index is -0.268. The maximum absolute atomic E-state index is 11.5. The first-order chi connectivity index (χ1) is 9.60. The van der Waals surface area contributed by atoms with E-state index in [0.717, 1.165) is 22.8 Å². The number of aromatic nitrogens is 2. The van der Waals surface area contributed by atoms with Gasteiger partial charge in [-0.2, -0.15) is 0 Å². The van der Waals surface area contributed by atoms with Crippen LogP contribution in [0.4, 0.5) is 11.5 Å². The zero-order valence-corrected chi connectivity index (χ0v) is 11.8. The van der Waals surface area contributed by atoms with Crippen LogP contribution in [0, 0.1) is 6.92 Å². The molecule has 1 N–H and O–H groups in total. The number of nitrogens with one attached hydrogen (secondary N) is 1. The van der Waals surface area contributed by atoms with Crippen molar-refractivity contribution in [1.82, 2.24) is 9.97 Å². The lowest BCUT2D eigenvalue weighted by molar-refractivity contribution is -0.141. The second-order valence-electron chi connectivity index (χ2n) is 4.54.